The van der Waals surface area contributed by atoms with Crippen LogP contribution in [0, 0.1) is 0 Å². The second kappa shape index (κ2) is 8.96. The number of ether oxygens (including phenoxy) is 2. The van der Waals surface area contributed by atoms with Gasteiger partial charge in [0.2, 0.25) is 0 Å². The van der Waals surface area contributed by atoms with Crippen LogP contribution < -0.4 is 14.8 Å². The molecular formula is C25H22ClN5O2. The number of hydrogen-bond donors (Lipinski definition) is 1. The van der Waals surface area contributed by atoms with Crippen molar-refractivity contribution in [2.75, 3.05) is 19.0 Å². The number of anilines is 1. The Morgan fingerprint density at radius 3 is 2.70 bits per heavy atom. The number of hydrogen-bond acceptors (Lipinski definition) is 6. The van der Waals surface area contributed by atoms with Crippen LogP contribution in [0.15, 0.2) is 66.7 Å². The molecule has 0 bridgehead atoms. The Morgan fingerprint density at radius 2 is 1.88 bits per heavy atom. The highest BCUT2D eigenvalue weighted by Gasteiger charge is 2.16. The molecule has 3 aromatic carbocycles. The second-order valence-corrected chi connectivity index (χ2v) is 7.87. The van der Waals surface area contributed by atoms with Crippen molar-refractivity contribution in [1.82, 2.24) is 19.8 Å². The third-order valence-electron chi connectivity index (χ3n) is 5.34. The molecule has 0 saturated carbocycles. The maximum absolute atomic E-state index is 6.21. The maximum atomic E-state index is 6.21. The molecule has 0 atom stereocenters. The second-order valence-electron chi connectivity index (χ2n) is 7.43. The fourth-order valence-corrected chi connectivity index (χ4v) is 4.00. The summed E-state index contributed by atoms with van der Waals surface area (Å²) in [5.74, 6) is 2.18. The van der Waals surface area contributed by atoms with Crippen molar-refractivity contribution in [3.8, 4) is 22.8 Å². The SMILES string of the molecule is CCOc1cc(CNc2nc3c(-c4cccc(Cl)c4)nnn3c3ccccc23)ccc1OC. The molecule has 0 unspecified atom stereocenters. The average Bonchev–Trinajstić information content (AvgIpc) is 3.27. The number of methoxy groups -OCH3 is 1. The minimum atomic E-state index is 0.561. The van der Waals surface area contributed by atoms with Crippen LogP contribution >= 0.6 is 11.6 Å². The van der Waals surface area contributed by atoms with Crippen molar-refractivity contribution in [3.63, 3.8) is 0 Å². The first-order valence-corrected chi connectivity index (χ1v) is 11.0. The molecule has 0 aliphatic rings. The Hall–Kier alpha value is -3.84. The summed E-state index contributed by atoms with van der Waals surface area (Å²) in [6, 6.07) is 21.4. The molecule has 166 valence electrons. The predicted octanol–water partition coefficient (Wildman–Crippen LogP) is 5.62. The molecule has 0 radical (unpaired) electrons. The molecule has 0 fully saturated rings. The highest BCUT2D eigenvalue weighted by molar-refractivity contribution is 6.30. The lowest BCUT2D eigenvalue weighted by Gasteiger charge is -2.13. The molecule has 0 aliphatic heterocycles. The number of benzene rings is 3. The van der Waals surface area contributed by atoms with E-state index < -0.39 is 0 Å². The molecule has 0 aliphatic carbocycles. The topological polar surface area (TPSA) is 73.6 Å². The normalized spacial score (nSPS) is 11.1. The van der Waals surface area contributed by atoms with Gasteiger partial charge in [0.25, 0.3) is 0 Å². The third kappa shape index (κ3) is 4.03. The number of halogens is 1. The summed E-state index contributed by atoms with van der Waals surface area (Å²) in [6.07, 6.45) is 0. The predicted molar refractivity (Wildman–Crippen MR) is 130 cm³/mol. The third-order valence-corrected chi connectivity index (χ3v) is 5.57. The van der Waals surface area contributed by atoms with Gasteiger partial charge < -0.3 is 14.8 Å². The van der Waals surface area contributed by atoms with Crippen LogP contribution in [0.4, 0.5) is 5.82 Å². The number of nitrogens with zero attached hydrogens (tertiary/aromatic N) is 4. The van der Waals surface area contributed by atoms with E-state index in [2.05, 4.69) is 15.6 Å². The van der Waals surface area contributed by atoms with Crippen LogP contribution in [0.25, 0.3) is 27.8 Å². The first kappa shape index (κ1) is 21.0. The zero-order chi connectivity index (χ0) is 22.8. The highest BCUT2D eigenvalue weighted by atomic mass is 35.5. The number of aromatic nitrogens is 4. The molecule has 0 spiro atoms. The molecule has 33 heavy (non-hydrogen) atoms. The van der Waals surface area contributed by atoms with Gasteiger partial charge in [-0.05, 0) is 48.9 Å². The average molecular weight is 460 g/mol. The van der Waals surface area contributed by atoms with E-state index in [0.717, 1.165) is 33.6 Å². The number of para-hydroxylation sites is 1. The smallest absolute Gasteiger partial charge is 0.186 e. The van der Waals surface area contributed by atoms with Crippen molar-refractivity contribution in [1.29, 1.82) is 0 Å². The number of rotatable bonds is 7. The van der Waals surface area contributed by atoms with Gasteiger partial charge in [-0.25, -0.2) is 4.98 Å². The van der Waals surface area contributed by atoms with Crippen molar-refractivity contribution in [2.24, 2.45) is 0 Å². The van der Waals surface area contributed by atoms with Crippen LogP contribution in [-0.4, -0.2) is 33.5 Å². The van der Waals surface area contributed by atoms with Gasteiger partial charge in [-0.15, -0.1) is 5.10 Å². The van der Waals surface area contributed by atoms with Crippen LogP contribution in [0.1, 0.15) is 12.5 Å². The molecule has 2 aromatic heterocycles. The summed E-state index contributed by atoms with van der Waals surface area (Å²) >= 11 is 6.21. The number of fused-ring (bicyclic) bond motifs is 3. The van der Waals surface area contributed by atoms with E-state index >= 15 is 0 Å². The largest absolute Gasteiger partial charge is 0.493 e. The first-order valence-electron chi connectivity index (χ1n) is 10.6. The Morgan fingerprint density at radius 1 is 1.00 bits per heavy atom. The van der Waals surface area contributed by atoms with Gasteiger partial charge in [-0.3, -0.25) is 0 Å². The lowest BCUT2D eigenvalue weighted by Crippen LogP contribution is -2.05. The van der Waals surface area contributed by atoms with Gasteiger partial charge in [-0.1, -0.05) is 47.1 Å². The molecule has 7 nitrogen and oxygen atoms in total. The fraction of sp³-hybridized carbons (Fsp3) is 0.160. The maximum Gasteiger partial charge on any atom is 0.186 e. The zero-order valence-corrected chi connectivity index (χ0v) is 19.0. The van der Waals surface area contributed by atoms with Gasteiger partial charge in [0.15, 0.2) is 17.1 Å². The molecule has 8 heteroatoms. The summed E-state index contributed by atoms with van der Waals surface area (Å²) in [6.45, 7) is 3.08. The van der Waals surface area contributed by atoms with Crippen LogP contribution in [0.2, 0.25) is 5.02 Å². The van der Waals surface area contributed by atoms with Crippen LogP contribution in [0.3, 0.4) is 0 Å². The Kier molecular flexibility index (Phi) is 5.71. The van der Waals surface area contributed by atoms with E-state index in [0.29, 0.717) is 35.3 Å². The van der Waals surface area contributed by atoms with Gasteiger partial charge in [-0.2, -0.15) is 4.52 Å². The number of nitrogens with one attached hydrogen (secondary N) is 1. The van der Waals surface area contributed by atoms with Crippen LogP contribution in [0.5, 0.6) is 11.5 Å². The lowest BCUT2D eigenvalue weighted by molar-refractivity contribution is 0.310. The van der Waals surface area contributed by atoms with Gasteiger partial charge in [0.1, 0.15) is 11.5 Å². The molecule has 5 rings (SSSR count). The van der Waals surface area contributed by atoms with E-state index in [1.165, 1.54) is 0 Å². The summed E-state index contributed by atoms with van der Waals surface area (Å²) < 4.78 is 12.9. The standard InChI is InChI=1S/C25H22ClN5O2/c1-3-33-22-13-16(11-12-21(22)32-2)15-27-24-19-9-4-5-10-20(19)31-25(28-24)23(29-30-31)17-7-6-8-18(26)14-17/h4-14H,3,15H2,1-2H3,(H,27,28). The zero-order valence-electron chi connectivity index (χ0n) is 18.2. The van der Waals surface area contributed by atoms with E-state index in [1.807, 2.05) is 73.7 Å². The van der Waals surface area contributed by atoms with Crippen molar-refractivity contribution >= 4 is 34.0 Å². The first-order chi connectivity index (χ1) is 16.2. The van der Waals surface area contributed by atoms with E-state index in [9.17, 15) is 0 Å². The Balaban J connectivity index is 1.56. The molecule has 5 aromatic rings. The fourth-order valence-electron chi connectivity index (χ4n) is 3.81. The van der Waals surface area contributed by atoms with Crippen LogP contribution in [-0.2, 0) is 6.54 Å². The summed E-state index contributed by atoms with van der Waals surface area (Å²) in [7, 11) is 1.64. The summed E-state index contributed by atoms with van der Waals surface area (Å²) in [5.41, 5.74) is 4.16. The van der Waals surface area contributed by atoms with Crippen molar-refractivity contribution in [2.45, 2.75) is 13.5 Å². The minimum absolute atomic E-state index is 0.561. The van der Waals surface area contributed by atoms with Crippen molar-refractivity contribution in [3.05, 3.63) is 77.3 Å². The molecule has 1 N–H and O–H groups in total. The van der Waals surface area contributed by atoms with E-state index in [1.54, 1.807) is 11.6 Å². The van der Waals surface area contributed by atoms with Gasteiger partial charge in [0.05, 0.1) is 19.2 Å². The van der Waals surface area contributed by atoms with E-state index in [4.69, 9.17) is 26.1 Å². The quantitative estimate of drug-likeness (QED) is 0.340. The molecule has 0 amide bonds. The molecule has 2 heterocycles. The van der Waals surface area contributed by atoms with Crippen molar-refractivity contribution < 1.29 is 9.47 Å². The molecule has 0 saturated heterocycles. The summed E-state index contributed by atoms with van der Waals surface area (Å²) in [4.78, 5) is 4.90. The monoisotopic (exact) mass is 459 g/mol. The Labute approximate surface area is 195 Å². The highest BCUT2D eigenvalue weighted by Crippen LogP contribution is 2.31. The van der Waals surface area contributed by atoms with Gasteiger partial charge >= 0.3 is 0 Å². The molecular weight excluding hydrogens is 438 g/mol. The minimum Gasteiger partial charge on any atom is -0.493 e. The van der Waals surface area contributed by atoms with E-state index in [-0.39, 0.29) is 0 Å². The van der Waals surface area contributed by atoms with Gasteiger partial charge in [0, 0.05) is 22.5 Å². The summed E-state index contributed by atoms with van der Waals surface area (Å²) in [5, 5.41) is 13.8. The Bertz CT molecular complexity index is 1450. The lowest BCUT2D eigenvalue weighted by atomic mass is 10.1.